The predicted octanol–water partition coefficient (Wildman–Crippen LogP) is 6.43. The van der Waals surface area contributed by atoms with Gasteiger partial charge in [-0.15, -0.1) is 0 Å². The Balaban J connectivity index is 2.14. The summed E-state index contributed by atoms with van der Waals surface area (Å²) in [6.45, 7) is 19.5. The summed E-state index contributed by atoms with van der Waals surface area (Å²) in [5.41, 5.74) is 5.76. The van der Waals surface area contributed by atoms with Crippen molar-refractivity contribution in [3.63, 3.8) is 0 Å². The number of allylic oxidation sites excluding steroid dienone is 1. The molecule has 3 rings (SSSR count). The van der Waals surface area contributed by atoms with Crippen LogP contribution in [0.2, 0.25) is 0 Å². The zero-order chi connectivity index (χ0) is 21.4. The van der Waals surface area contributed by atoms with E-state index >= 15 is 0 Å². The highest BCUT2D eigenvalue weighted by atomic mass is 16.6. The van der Waals surface area contributed by atoms with Crippen LogP contribution >= 0.6 is 0 Å². The van der Waals surface area contributed by atoms with Gasteiger partial charge in [0.2, 0.25) is 0 Å². The van der Waals surface area contributed by atoms with Crippen LogP contribution in [0.4, 0.5) is 5.69 Å². The van der Waals surface area contributed by atoms with Gasteiger partial charge in [0, 0.05) is 5.41 Å². The molecule has 29 heavy (non-hydrogen) atoms. The maximum absolute atomic E-state index is 13.2. The number of nitrogens with zero attached hydrogens (tertiary/aromatic N) is 1. The molecular formula is C26H29NO2. The van der Waals surface area contributed by atoms with E-state index in [1.807, 2.05) is 32.9 Å². The Morgan fingerprint density at radius 1 is 1.07 bits per heavy atom. The van der Waals surface area contributed by atoms with E-state index in [4.69, 9.17) is 11.3 Å². The van der Waals surface area contributed by atoms with Gasteiger partial charge in [0.25, 0.3) is 0 Å². The number of esters is 1. The molecule has 0 radical (unpaired) electrons. The number of rotatable bonds is 4. The van der Waals surface area contributed by atoms with Crippen molar-refractivity contribution in [1.82, 2.24) is 0 Å². The Bertz CT molecular complexity index is 1010. The molecule has 0 bridgehead atoms. The molecule has 0 aliphatic heterocycles. The highest BCUT2D eigenvalue weighted by Crippen LogP contribution is 2.45. The fourth-order valence-electron chi connectivity index (χ4n) is 3.91. The number of carbonyl (C=O) groups excluding carboxylic acids is 1. The molecule has 3 nitrogen and oxygen atoms in total. The van der Waals surface area contributed by atoms with Gasteiger partial charge < -0.3 is 4.74 Å². The summed E-state index contributed by atoms with van der Waals surface area (Å²) in [7, 11) is 0. The third-order valence-electron chi connectivity index (χ3n) is 5.60. The highest BCUT2D eigenvalue weighted by Gasteiger charge is 2.38. The van der Waals surface area contributed by atoms with Crippen LogP contribution in [0.1, 0.15) is 63.8 Å². The second-order valence-corrected chi connectivity index (χ2v) is 9.16. The maximum atomic E-state index is 13.2. The van der Waals surface area contributed by atoms with Crippen molar-refractivity contribution in [1.29, 1.82) is 0 Å². The molecular weight excluding hydrogens is 358 g/mol. The van der Waals surface area contributed by atoms with Crippen LogP contribution in [0.3, 0.4) is 0 Å². The monoisotopic (exact) mass is 387 g/mol. The Kier molecular flexibility index (Phi) is 5.41. The number of fused-ring (bicyclic) bond motifs is 1. The van der Waals surface area contributed by atoms with Gasteiger partial charge in [-0.05, 0) is 61.4 Å². The van der Waals surface area contributed by atoms with E-state index in [0.29, 0.717) is 17.7 Å². The van der Waals surface area contributed by atoms with Crippen molar-refractivity contribution in [2.75, 3.05) is 0 Å². The first kappa shape index (κ1) is 20.9. The van der Waals surface area contributed by atoms with E-state index < -0.39 is 5.60 Å². The smallest absolute Gasteiger partial charge is 0.339 e. The molecule has 0 atom stereocenters. The average Bonchev–Trinajstić information content (AvgIpc) is 3.06. The van der Waals surface area contributed by atoms with E-state index in [1.165, 1.54) is 11.1 Å². The number of carbonyl (C=O) groups is 1. The van der Waals surface area contributed by atoms with Crippen molar-refractivity contribution < 1.29 is 9.53 Å². The molecule has 0 saturated heterocycles. The van der Waals surface area contributed by atoms with Gasteiger partial charge in [-0.3, -0.25) is 0 Å². The normalized spacial score (nSPS) is 13.8. The number of ether oxygens (including phenoxy) is 1. The van der Waals surface area contributed by atoms with Crippen molar-refractivity contribution in [2.24, 2.45) is 0 Å². The van der Waals surface area contributed by atoms with E-state index in [2.05, 4.69) is 49.9 Å². The number of hydrogen-bond acceptors (Lipinski definition) is 2. The van der Waals surface area contributed by atoms with Crippen molar-refractivity contribution in [2.45, 2.75) is 65.4 Å². The minimum Gasteiger partial charge on any atom is -0.456 e. The molecule has 0 unspecified atom stereocenters. The summed E-state index contributed by atoms with van der Waals surface area (Å²) in [6.07, 6.45) is 1.65. The second-order valence-electron chi connectivity index (χ2n) is 9.16. The zero-order valence-electron chi connectivity index (χ0n) is 18.2. The topological polar surface area (TPSA) is 30.7 Å². The van der Waals surface area contributed by atoms with Crippen molar-refractivity contribution in [3.8, 4) is 0 Å². The molecule has 0 heterocycles. The Labute approximate surface area is 174 Å². The van der Waals surface area contributed by atoms with E-state index in [1.54, 1.807) is 6.07 Å². The molecule has 2 aromatic carbocycles. The van der Waals surface area contributed by atoms with Crippen LogP contribution in [0.15, 0.2) is 48.0 Å². The lowest BCUT2D eigenvalue weighted by Gasteiger charge is -2.29. The minimum absolute atomic E-state index is 0.292. The number of benzene rings is 2. The molecule has 3 heteroatoms. The summed E-state index contributed by atoms with van der Waals surface area (Å²) in [6, 6.07) is 14.2. The lowest BCUT2D eigenvalue weighted by Crippen LogP contribution is -2.27. The van der Waals surface area contributed by atoms with Crippen molar-refractivity contribution >= 4 is 17.2 Å². The van der Waals surface area contributed by atoms with E-state index in [9.17, 15) is 4.79 Å². The predicted molar refractivity (Wildman–Crippen MR) is 118 cm³/mol. The zero-order valence-corrected chi connectivity index (χ0v) is 18.2. The summed E-state index contributed by atoms with van der Waals surface area (Å²) in [5.74, 6) is -0.292. The standard InChI is InChI=1S/C26H29NO2/c1-8-17-9-11-19(12-10-17)26(5,6)22-16-18-15-20(27-7)13-14-21(18)23(22)24(28)29-25(2,3)4/h9-15H,8,16H2,1-6H3. The highest BCUT2D eigenvalue weighted by molar-refractivity contribution is 6.20. The molecule has 0 N–H and O–H groups in total. The SMILES string of the molecule is [C-]#[N+]c1ccc2c(c1)CC(C(C)(C)c1ccc(CC)cc1)=C2C(=O)OC(C)(C)C. The van der Waals surface area contributed by atoms with Gasteiger partial charge in [-0.2, -0.15) is 0 Å². The Morgan fingerprint density at radius 3 is 2.28 bits per heavy atom. The average molecular weight is 388 g/mol. The molecule has 0 spiro atoms. The molecule has 0 amide bonds. The molecule has 0 saturated carbocycles. The largest absolute Gasteiger partial charge is 0.456 e. The van der Waals surface area contributed by atoms with Crippen LogP contribution in [0, 0.1) is 6.57 Å². The Hall–Kier alpha value is -2.86. The molecule has 1 aliphatic carbocycles. The maximum Gasteiger partial charge on any atom is 0.339 e. The molecule has 1 aliphatic rings. The third-order valence-corrected chi connectivity index (χ3v) is 5.60. The molecule has 0 aromatic heterocycles. The van der Waals surface area contributed by atoms with Crippen LogP contribution < -0.4 is 0 Å². The van der Waals surface area contributed by atoms with Crippen LogP contribution in [-0.2, 0) is 27.8 Å². The van der Waals surface area contributed by atoms with Gasteiger partial charge in [-0.1, -0.05) is 63.2 Å². The van der Waals surface area contributed by atoms with Crippen LogP contribution in [-0.4, -0.2) is 11.6 Å². The quantitative estimate of drug-likeness (QED) is 0.447. The summed E-state index contributed by atoms with van der Waals surface area (Å²) >= 11 is 0. The van der Waals surface area contributed by atoms with Gasteiger partial charge in [-0.25, -0.2) is 9.64 Å². The second kappa shape index (κ2) is 7.52. The molecule has 2 aromatic rings. The number of hydrogen-bond donors (Lipinski definition) is 0. The lowest BCUT2D eigenvalue weighted by molar-refractivity contribution is -0.147. The molecule has 150 valence electrons. The fraction of sp³-hybridized carbons (Fsp3) is 0.385. The van der Waals surface area contributed by atoms with E-state index in [-0.39, 0.29) is 11.4 Å². The van der Waals surface area contributed by atoms with Crippen LogP contribution in [0.25, 0.3) is 10.4 Å². The number of aryl methyl sites for hydroxylation is 1. The van der Waals surface area contributed by atoms with Gasteiger partial charge in [0.05, 0.1) is 12.1 Å². The van der Waals surface area contributed by atoms with Crippen molar-refractivity contribution in [3.05, 3.63) is 81.7 Å². The van der Waals surface area contributed by atoms with Gasteiger partial charge in [0.15, 0.2) is 5.69 Å². The van der Waals surface area contributed by atoms with Gasteiger partial charge >= 0.3 is 5.97 Å². The summed E-state index contributed by atoms with van der Waals surface area (Å²) in [4.78, 5) is 16.8. The summed E-state index contributed by atoms with van der Waals surface area (Å²) in [5, 5.41) is 0. The van der Waals surface area contributed by atoms with Crippen LogP contribution in [0.5, 0.6) is 0 Å². The first-order valence-electron chi connectivity index (χ1n) is 10.1. The third kappa shape index (κ3) is 4.12. The first-order chi connectivity index (χ1) is 13.6. The summed E-state index contributed by atoms with van der Waals surface area (Å²) < 4.78 is 5.78. The first-order valence-corrected chi connectivity index (χ1v) is 10.1. The minimum atomic E-state index is -0.568. The lowest BCUT2D eigenvalue weighted by atomic mass is 9.75. The molecule has 0 fully saturated rings. The Morgan fingerprint density at radius 2 is 1.72 bits per heavy atom. The fourth-order valence-corrected chi connectivity index (χ4v) is 3.91. The van der Waals surface area contributed by atoms with E-state index in [0.717, 1.165) is 23.1 Å². The van der Waals surface area contributed by atoms with Gasteiger partial charge in [0.1, 0.15) is 5.60 Å².